The first kappa shape index (κ1) is 25.9. The van der Waals surface area contributed by atoms with Crippen LogP contribution in [0.15, 0.2) is 77.5 Å². The van der Waals surface area contributed by atoms with Gasteiger partial charge >= 0.3 is 12.2 Å². The molecule has 7 nitrogen and oxygen atoms in total. The van der Waals surface area contributed by atoms with Crippen molar-refractivity contribution in [1.29, 1.82) is 0 Å². The molecule has 0 saturated carbocycles. The number of aromatic nitrogens is 2. The van der Waals surface area contributed by atoms with E-state index in [4.69, 9.17) is 0 Å². The summed E-state index contributed by atoms with van der Waals surface area (Å²) in [4.78, 5) is 24.7. The van der Waals surface area contributed by atoms with Crippen LogP contribution in [0.1, 0.15) is 15.9 Å². The van der Waals surface area contributed by atoms with Crippen LogP contribution < -0.4 is 16.0 Å². The third-order valence-corrected chi connectivity index (χ3v) is 6.57. The first-order valence-corrected chi connectivity index (χ1v) is 12.4. The Balaban J connectivity index is 1.29. The Morgan fingerprint density at radius 3 is 2.33 bits per heavy atom. The Morgan fingerprint density at radius 2 is 1.64 bits per heavy atom. The van der Waals surface area contributed by atoms with E-state index in [2.05, 4.69) is 21.0 Å². The number of aryl methyl sites for hydroxylation is 1. The quantitative estimate of drug-likeness (QED) is 0.199. The number of anilines is 3. The SMILES string of the molecule is Cn1nc(NC(=O)c2ccsc2)c2ccc(-c3ccc(NC(=O)Nc4cc(C(F)(F)F)ccc4F)cc3)cc21. The molecule has 3 amide bonds. The molecule has 0 aliphatic rings. The smallest absolute Gasteiger partial charge is 0.308 e. The number of benzene rings is 3. The van der Waals surface area contributed by atoms with Crippen LogP contribution in [-0.2, 0) is 13.2 Å². The minimum Gasteiger partial charge on any atom is -0.308 e. The van der Waals surface area contributed by atoms with E-state index in [1.165, 1.54) is 11.3 Å². The Bertz CT molecular complexity index is 1680. The molecule has 0 spiro atoms. The third-order valence-electron chi connectivity index (χ3n) is 5.88. The summed E-state index contributed by atoms with van der Waals surface area (Å²) in [6.45, 7) is 0. The molecule has 0 bridgehead atoms. The average Bonchev–Trinajstić information content (AvgIpc) is 3.54. The Hall–Kier alpha value is -4.71. The molecule has 0 fully saturated rings. The number of alkyl halides is 3. The summed E-state index contributed by atoms with van der Waals surface area (Å²) < 4.78 is 54.3. The molecule has 3 N–H and O–H groups in total. The molecule has 5 rings (SSSR count). The van der Waals surface area contributed by atoms with Crippen LogP contribution in [0.4, 0.5) is 39.5 Å². The van der Waals surface area contributed by atoms with Crippen LogP contribution in [0, 0.1) is 5.82 Å². The largest absolute Gasteiger partial charge is 0.416 e. The van der Waals surface area contributed by atoms with Crippen molar-refractivity contribution in [2.45, 2.75) is 6.18 Å². The monoisotopic (exact) mass is 553 g/mol. The highest BCUT2D eigenvalue weighted by Gasteiger charge is 2.31. The number of nitrogens with one attached hydrogen (secondary N) is 3. The summed E-state index contributed by atoms with van der Waals surface area (Å²) in [7, 11) is 1.77. The fourth-order valence-electron chi connectivity index (χ4n) is 3.93. The van der Waals surface area contributed by atoms with Crippen molar-refractivity contribution in [3.05, 3.63) is 94.4 Å². The van der Waals surface area contributed by atoms with Crippen molar-refractivity contribution >= 4 is 51.4 Å². The lowest BCUT2D eigenvalue weighted by Crippen LogP contribution is -2.20. The van der Waals surface area contributed by atoms with Crippen molar-refractivity contribution in [3.8, 4) is 11.1 Å². The zero-order chi connectivity index (χ0) is 27.7. The fourth-order valence-corrected chi connectivity index (χ4v) is 4.57. The fraction of sp³-hybridized carbons (Fsp3) is 0.0741. The summed E-state index contributed by atoms with van der Waals surface area (Å²) in [6, 6.07) is 15.0. The van der Waals surface area contributed by atoms with Gasteiger partial charge in [-0.2, -0.15) is 29.6 Å². The normalized spacial score (nSPS) is 11.4. The van der Waals surface area contributed by atoms with E-state index < -0.39 is 29.3 Å². The van der Waals surface area contributed by atoms with Crippen LogP contribution in [0.2, 0.25) is 0 Å². The van der Waals surface area contributed by atoms with E-state index >= 15 is 0 Å². The number of amides is 3. The molecule has 2 heterocycles. The van der Waals surface area contributed by atoms with E-state index in [-0.39, 0.29) is 5.91 Å². The zero-order valence-corrected chi connectivity index (χ0v) is 21.0. The van der Waals surface area contributed by atoms with Gasteiger partial charge in [0.2, 0.25) is 0 Å². The zero-order valence-electron chi connectivity index (χ0n) is 20.1. The molecule has 0 aliphatic carbocycles. The van der Waals surface area contributed by atoms with Crippen molar-refractivity contribution < 1.29 is 27.2 Å². The number of thiophene rings is 1. The Morgan fingerprint density at radius 1 is 0.897 bits per heavy atom. The van der Waals surface area contributed by atoms with Crippen molar-refractivity contribution in [3.63, 3.8) is 0 Å². The predicted molar refractivity (Wildman–Crippen MR) is 142 cm³/mol. The summed E-state index contributed by atoms with van der Waals surface area (Å²) in [5.74, 6) is -0.797. The average molecular weight is 554 g/mol. The van der Waals surface area contributed by atoms with Gasteiger partial charge in [-0.05, 0) is 65.0 Å². The van der Waals surface area contributed by atoms with Gasteiger partial charge in [-0.1, -0.05) is 18.2 Å². The molecule has 39 heavy (non-hydrogen) atoms. The number of urea groups is 1. The number of carbonyl (C=O) groups excluding carboxylic acids is 2. The molecule has 5 aromatic rings. The van der Waals surface area contributed by atoms with Gasteiger partial charge in [0.05, 0.1) is 22.3 Å². The molecule has 3 aromatic carbocycles. The molecular weight excluding hydrogens is 534 g/mol. The van der Waals surface area contributed by atoms with Crippen molar-refractivity contribution in [2.24, 2.45) is 7.05 Å². The summed E-state index contributed by atoms with van der Waals surface area (Å²) in [6.07, 6.45) is -4.67. The van der Waals surface area contributed by atoms with Crippen molar-refractivity contribution in [1.82, 2.24) is 9.78 Å². The van der Waals surface area contributed by atoms with Gasteiger partial charge in [0, 0.05) is 23.5 Å². The number of hydrogen-bond donors (Lipinski definition) is 3. The molecule has 198 valence electrons. The third kappa shape index (κ3) is 5.60. The van der Waals surface area contributed by atoms with Crippen LogP contribution in [0.3, 0.4) is 0 Å². The minimum atomic E-state index is -4.67. The van der Waals surface area contributed by atoms with E-state index in [9.17, 15) is 27.2 Å². The molecule has 12 heteroatoms. The number of carbonyl (C=O) groups is 2. The van der Waals surface area contributed by atoms with E-state index in [1.807, 2.05) is 23.6 Å². The summed E-state index contributed by atoms with van der Waals surface area (Å²) in [5.41, 5.74) is 1.69. The maximum Gasteiger partial charge on any atom is 0.416 e. The topological polar surface area (TPSA) is 88.1 Å². The molecule has 0 aliphatic heterocycles. The minimum absolute atomic E-state index is 0.247. The number of fused-ring (bicyclic) bond motifs is 1. The number of halogens is 4. The van der Waals surface area contributed by atoms with Crippen LogP contribution in [0.5, 0.6) is 0 Å². The van der Waals surface area contributed by atoms with Gasteiger partial charge in [0.25, 0.3) is 5.91 Å². The van der Waals surface area contributed by atoms with E-state index in [0.29, 0.717) is 35.3 Å². The molecule has 0 saturated heterocycles. The second-order valence-corrected chi connectivity index (χ2v) is 9.30. The molecular formula is C27H19F4N5O2S. The summed E-state index contributed by atoms with van der Waals surface area (Å²) >= 11 is 1.43. The highest BCUT2D eigenvalue weighted by molar-refractivity contribution is 7.08. The maximum absolute atomic E-state index is 13.9. The van der Waals surface area contributed by atoms with E-state index in [1.54, 1.807) is 47.4 Å². The molecule has 0 radical (unpaired) electrons. The van der Waals surface area contributed by atoms with Crippen LogP contribution in [-0.4, -0.2) is 21.7 Å². The van der Waals surface area contributed by atoms with Crippen molar-refractivity contribution in [2.75, 3.05) is 16.0 Å². The maximum atomic E-state index is 13.9. The molecule has 2 aromatic heterocycles. The number of rotatable bonds is 5. The summed E-state index contributed by atoms with van der Waals surface area (Å²) in [5, 5.41) is 16.2. The second kappa shape index (κ2) is 10.2. The lowest BCUT2D eigenvalue weighted by molar-refractivity contribution is -0.137. The lowest BCUT2D eigenvalue weighted by atomic mass is 10.0. The second-order valence-electron chi connectivity index (χ2n) is 8.52. The van der Waals surface area contributed by atoms with Gasteiger partial charge < -0.3 is 16.0 Å². The van der Waals surface area contributed by atoms with Gasteiger partial charge in [-0.25, -0.2) is 9.18 Å². The lowest BCUT2D eigenvalue weighted by Gasteiger charge is -2.12. The molecule has 0 atom stereocenters. The number of nitrogens with zero attached hydrogens (tertiary/aromatic N) is 2. The van der Waals surface area contributed by atoms with Crippen LogP contribution >= 0.6 is 11.3 Å². The first-order chi connectivity index (χ1) is 18.6. The van der Waals surface area contributed by atoms with Gasteiger partial charge in [-0.3, -0.25) is 9.48 Å². The highest BCUT2D eigenvalue weighted by Crippen LogP contribution is 2.32. The Kier molecular flexibility index (Phi) is 6.79. The predicted octanol–water partition coefficient (Wildman–Crippen LogP) is 7.36. The van der Waals surface area contributed by atoms with Gasteiger partial charge in [-0.15, -0.1) is 0 Å². The standard InChI is InChI=1S/C27H19F4N5O2S/c1-36-23-12-16(4-8-20(23)24(35-36)34-25(37)17-10-11-39-14-17)15-2-6-19(7-3-15)32-26(38)33-22-13-18(27(29,30)31)5-9-21(22)28/h2-14H,1H3,(H2,32,33,38)(H,34,35,37). The van der Waals surface area contributed by atoms with Crippen LogP contribution in [0.25, 0.3) is 22.0 Å². The Labute approximate surface area is 223 Å². The highest BCUT2D eigenvalue weighted by atomic mass is 32.1. The van der Waals surface area contributed by atoms with Gasteiger partial charge in [0.15, 0.2) is 5.82 Å². The number of hydrogen-bond acceptors (Lipinski definition) is 4. The van der Waals surface area contributed by atoms with Gasteiger partial charge in [0.1, 0.15) is 5.82 Å². The molecule has 0 unspecified atom stereocenters. The van der Waals surface area contributed by atoms with E-state index in [0.717, 1.165) is 22.0 Å². The first-order valence-electron chi connectivity index (χ1n) is 11.4.